The van der Waals surface area contributed by atoms with Gasteiger partial charge in [-0.15, -0.1) is 0 Å². The number of fused-ring (bicyclic) bond motifs is 1. The molecule has 1 aromatic heterocycles. The molecule has 0 amide bonds. The molecule has 0 aliphatic heterocycles. The summed E-state index contributed by atoms with van der Waals surface area (Å²) < 4.78 is 0. The van der Waals surface area contributed by atoms with Gasteiger partial charge in [0.2, 0.25) is 0 Å². The number of nitrogens with one attached hydrogen (secondary N) is 3. The van der Waals surface area contributed by atoms with Crippen molar-refractivity contribution in [3.63, 3.8) is 0 Å². The predicted molar refractivity (Wildman–Crippen MR) is 126 cm³/mol. The maximum absolute atomic E-state index is 5.43. The van der Waals surface area contributed by atoms with Crippen molar-refractivity contribution in [2.75, 3.05) is 10.6 Å². The Bertz CT molecular complexity index is 1110. The van der Waals surface area contributed by atoms with E-state index in [-0.39, 0.29) is 6.04 Å². The summed E-state index contributed by atoms with van der Waals surface area (Å²) in [6.45, 7) is 2.08. The van der Waals surface area contributed by atoms with Crippen LogP contribution in [0.3, 0.4) is 0 Å². The van der Waals surface area contributed by atoms with E-state index >= 15 is 0 Å². The number of rotatable bonds is 5. The molecule has 1 atom stereocenters. The van der Waals surface area contributed by atoms with Crippen molar-refractivity contribution in [3.05, 3.63) is 96.7 Å². The molecule has 29 heavy (non-hydrogen) atoms. The number of hydrogen-bond donors (Lipinski definition) is 3. The molecule has 3 N–H and O–H groups in total. The van der Waals surface area contributed by atoms with Gasteiger partial charge in [-0.3, -0.25) is 0 Å². The van der Waals surface area contributed by atoms with E-state index in [2.05, 4.69) is 70.3 Å². The Morgan fingerprint density at radius 3 is 2.31 bits per heavy atom. The minimum atomic E-state index is 0.123. The first kappa shape index (κ1) is 18.9. The zero-order valence-corrected chi connectivity index (χ0v) is 16.9. The van der Waals surface area contributed by atoms with Crippen LogP contribution in [-0.4, -0.2) is 10.1 Å². The van der Waals surface area contributed by atoms with Crippen LogP contribution in [0.1, 0.15) is 18.5 Å². The summed E-state index contributed by atoms with van der Waals surface area (Å²) in [6.07, 6.45) is 1.77. The third-order valence-corrected chi connectivity index (χ3v) is 4.91. The predicted octanol–water partition coefficient (Wildman–Crippen LogP) is 6.03. The van der Waals surface area contributed by atoms with Gasteiger partial charge in [0, 0.05) is 5.69 Å². The minimum Gasteiger partial charge on any atom is -0.356 e. The minimum absolute atomic E-state index is 0.123. The van der Waals surface area contributed by atoms with E-state index in [9.17, 15) is 0 Å². The molecule has 1 unspecified atom stereocenters. The number of hydrogen-bond acceptors (Lipinski definition) is 3. The van der Waals surface area contributed by atoms with E-state index in [1.54, 1.807) is 6.20 Å². The van der Waals surface area contributed by atoms with Gasteiger partial charge in [0.1, 0.15) is 5.82 Å². The van der Waals surface area contributed by atoms with Crippen LogP contribution in [0.2, 0.25) is 0 Å². The highest BCUT2D eigenvalue weighted by Gasteiger charge is 2.07. The first-order valence-electron chi connectivity index (χ1n) is 9.52. The third-order valence-electron chi connectivity index (χ3n) is 4.69. The molecule has 5 heteroatoms. The second-order valence-corrected chi connectivity index (χ2v) is 7.26. The van der Waals surface area contributed by atoms with E-state index in [1.165, 1.54) is 16.3 Å². The molecule has 1 heterocycles. The summed E-state index contributed by atoms with van der Waals surface area (Å²) in [5, 5.41) is 12.8. The van der Waals surface area contributed by atoms with Crippen molar-refractivity contribution in [2.24, 2.45) is 0 Å². The van der Waals surface area contributed by atoms with Gasteiger partial charge >= 0.3 is 0 Å². The van der Waals surface area contributed by atoms with Crippen molar-refractivity contribution in [1.82, 2.24) is 10.3 Å². The van der Waals surface area contributed by atoms with E-state index in [0.717, 1.165) is 17.2 Å². The maximum atomic E-state index is 5.43. The summed E-state index contributed by atoms with van der Waals surface area (Å²) in [4.78, 5) is 4.48. The summed E-state index contributed by atoms with van der Waals surface area (Å²) in [5.74, 6) is 0.780. The van der Waals surface area contributed by atoms with Crippen molar-refractivity contribution in [2.45, 2.75) is 13.0 Å². The van der Waals surface area contributed by atoms with E-state index in [4.69, 9.17) is 12.2 Å². The van der Waals surface area contributed by atoms with Crippen molar-refractivity contribution in [1.29, 1.82) is 0 Å². The van der Waals surface area contributed by atoms with E-state index in [1.807, 2.05) is 42.5 Å². The molecule has 3 aromatic carbocycles. The molecule has 0 aliphatic rings. The zero-order chi connectivity index (χ0) is 20.1. The highest BCUT2D eigenvalue weighted by Crippen LogP contribution is 2.22. The monoisotopic (exact) mass is 398 g/mol. The SMILES string of the molecule is CC(NC(=S)Nc1ccc(Nc2ccc3ccccc3c2)nc1)c1ccccc1. The standard InChI is InChI=1S/C24H22N4S/c1-17(18-7-3-2-4-8-18)26-24(29)28-22-13-14-23(25-16-22)27-21-12-11-19-9-5-6-10-20(19)15-21/h2-17H,1H3,(H,25,27)(H2,26,28,29). The Labute approximate surface area is 176 Å². The first-order valence-corrected chi connectivity index (χ1v) is 9.92. The van der Waals surface area contributed by atoms with Gasteiger partial charge in [0.15, 0.2) is 5.11 Å². The lowest BCUT2D eigenvalue weighted by Gasteiger charge is -2.17. The zero-order valence-electron chi connectivity index (χ0n) is 16.1. The highest BCUT2D eigenvalue weighted by molar-refractivity contribution is 7.80. The fraction of sp³-hybridized carbons (Fsp3) is 0.0833. The van der Waals surface area contributed by atoms with Gasteiger partial charge in [-0.05, 0) is 59.7 Å². The summed E-state index contributed by atoms with van der Waals surface area (Å²) in [5.41, 5.74) is 3.03. The topological polar surface area (TPSA) is 49.0 Å². The van der Waals surface area contributed by atoms with E-state index in [0.29, 0.717) is 5.11 Å². The second-order valence-electron chi connectivity index (χ2n) is 6.85. The van der Waals surface area contributed by atoms with Crippen LogP contribution in [0.15, 0.2) is 91.1 Å². The normalized spacial score (nSPS) is 11.6. The molecule has 4 nitrogen and oxygen atoms in total. The molecule has 4 aromatic rings. The van der Waals surface area contributed by atoms with Gasteiger partial charge in [-0.2, -0.15) is 0 Å². The highest BCUT2D eigenvalue weighted by atomic mass is 32.1. The Morgan fingerprint density at radius 1 is 0.828 bits per heavy atom. The van der Waals surface area contributed by atoms with Crippen LogP contribution in [0.25, 0.3) is 10.8 Å². The van der Waals surface area contributed by atoms with Gasteiger partial charge < -0.3 is 16.0 Å². The molecule has 0 bridgehead atoms. The molecular formula is C24H22N4S. The summed E-state index contributed by atoms with van der Waals surface area (Å²) in [7, 11) is 0. The summed E-state index contributed by atoms with van der Waals surface area (Å²) in [6, 6.07) is 28.8. The number of benzene rings is 3. The van der Waals surface area contributed by atoms with Gasteiger partial charge in [0.05, 0.1) is 17.9 Å². The van der Waals surface area contributed by atoms with E-state index < -0.39 is 0 Å². The summed E-state index contributed by atoms with van der Waals surface area (Å²) >= 11 is 5.43. The Morgan fingerprint density at radius 2 is 1.55 bits per heavy atom. The molecule has 0 spiro atoms. The molecule has 0 fully saturated rings. The Balaban J connectivity index is 1.36. The van der Waals surface area contributed by atoms with Crippen molar-refractivity contribution < 1.29 is 0 Å². The largest absolute Gasteiger partial charge is 0.356 e. The Hall–Kier alpha value is -3.44. The number of nitrogens with zero attached hydrogens (tertiary/aromatic N) is 1. The lowest BCUT2D eigenvalue weighted by Crippen LogP contribution is -2.30. The second kappa shape index (κ2) is 8.71. The number of thiocarbonyl (C=S) groups is 1. The molecule has 4 rings (SSSR count). The van der Waals surface area contributed by atoms with Crippen molar-refractivity contribution in [3.8, 4) is 0 Å². The van der Waals surface area contributed by atoms with Crippen LogP contribution in [0, 0.1) is 0 Å². The number of pyridine rings is 1. The lowest BCUT2D eigenvalue weighted by molar-refractivity contribution is 0.722. The van der Waals surface area contributed by atoms with Crippen LogP contribution >= 0.6 is 12.2 Å². The average Bonchev–Trinajstić information content (AvgIpc) is 2.75. The first-order chi connectivity index (χ1) is 14.2. The average molecular weight is 399 g/mol. The van der Waals surface area contributed by atoms with Crippen LogP contribution in [-0.2, 0) is 0 Å². The van der Waals surface area contributed by atoms with Crippen LogP contribution < -0.4 is 16.0 Å². The third kappa shape index (κ3) is 4.89. The molecule has 0 aliphatic carbocycles. The number of anilines is 3. The molecule has 0 radical (unpaired) electrons. The fourth-order valence-corrected chi connectivity index (χ4v) is 3.44. The maximum Gasteiger partial charge on any atom is 0.171 e. The molecule has 144 valence electrons. The molecule has 0 saturated carbocycles. The van der Waals surface area contributed by atoms with Gasteiger partial charge in [-0.25, -0.2) is 4.98 Å². The fourth-order valence-electron chi connectivity index (χ4n) is 3.15. The quantitative estimate of drug-likeness (QED) is 0.359. The molecular weight excluding hydrogens is 376 g/mol. The number of aromatic nitrogens is 1. The molecule has 0 saturated heterocycles. The van der Waals surface area contributed by atoms with Gasteiger partial charge in [-0.1, -0.05) is 60.7 Å². The van der Waals surface area contributed by atoms with Crippen LogP contribution in [0.4, 0.5) is 17.2 Å². The smallest absolute Gasteiger partial charge is 0.171 e. The lowest BCUT2D eigenvalue weighted by atomic mass is 10.1. The van der Waals surface area contributed by atoms with Crippen molar-refractivity contribution >= 4 is 45.3 Å². The Kier molecular flexibility index (Phi) is 5.68. The van der Waals surface area contributed by atoms with Gasteiger partial charge in [0.25, 0.3) is 0 Å². The van der Waals surface area contributed by atoms with Crippen LogP contribution in [0.5, 0.6) is 0 Å².